The lowest BCUT2D eigenvalue weighted by Gasteiger charge is -2.11. The molecule has 0 fully saturated rings. The Morgan fingerprint density at radius 2 is 1.62 bits per heavy atom. The van der Waals surface area contributed by atoms with Gasteiger partial charge in [-0.15, -0.1) is 10.2 Å². The number of methoxy groups -OCH3 is 3. The molecule has 1 heterocycles. The van der Waals surface area contributed by atoms with E-state index in [-0.39, 0.29) is 11.6 Å². The molecule has 2 N–H and O–H groups in total. The van der Waals surface area contributed by atoms with Gasteiger partial charge in [0.05, 0.1) is 21.3 Å². The lowest BCUT2D eigenvalue weighted by atomic mass is 10.2. The zero-order valence-electron chi connectivity index (χ0n) is 16.4. The average Bonchev–Trinajstić information content (AvgIpc) is 2.78. The van der Waals surface area contributed by atoms with Crippen LogP contribution in [0.1, 0.15) is 16.1 Å². The number of benzene rings is 2. The minimum atomic E-state index is -0.318. The molecule has 8 heteroatoms. The fourth-order valence-corrected chi connectivity index (χ4v) is 2.70. The molecule has 0 aliphatic rings. The van der Waals surface area contributed by atoms with Crippen molar-refractivity contribution in [3.63, 3.8) is 0 Å². The number of ether oxygens (including phenoxy) is 3. The Morgan fingerprint density at radius 3 is 2.31 bits per heavy atom. The van der Waals surface area contributed by atoms with E-state index >= 15 is 0 Å². The van der Waals surface area contributed by atoms with E-state index in [1.165, 1.54) is 0 Å². The van der Waals surface area contributed by atoms with Crippen molar-refractivity contribution in [3.05, 3.63) is 65.9 Å². The molecule has 29 heavy (non-hydrogen) atoms. The van der Waals surface area contributed by atoms with Crippen LogP contribution < -0.4 is 24.8 Å². The van der Waals surface area contributed by atoms with Gasteiger partial charge in [0.1, 0.15) is 5.75 Å². The van der Waals surface area contributed by atoms with Gasteiger partial charge >= 0.3 is 0 Å². The van der Waals surface area contributed by atoms with E-state index in [1.54, 1.807) is 45.6 Å². The maximum absolute atomic E-state index is 12.3. The molecule has 0 aliphatic heterocycles. The second kappa shape index (κ2) is 9.41. The zero-order chi connectivity index (χ0) is 20.6. The molecule has 150 valence electrons. The van der Waals surface area contributed by atoms with Crippen molar-refractivity contribution < 1.29 is 19.0 Å². The summed E-state index contributed by atoms with van der Waals surface area (Å²) in [6.07, 6.45) is 0. The molecular weight excluding hydrogens is 372 g/mol. The Bertz CT molecular complexity index is 977. The van der Waals surface area contributed by atoms with Crippen LogP contribution in [0.5, 0.6) is 17.2 Å². The van der Waals surface area contributed by atoms with Crippen molar-refractivity contribution in [1.82, 2.24) is 15.5 Å². The Morgan fingerprint density at radius 1 is 0.862 bits per heavy atom. The summed E-state index contributed by atoms with van der Waals surface area (Å²) in [5.74, 6) is 2.12. The van der Waals surface area contributed by atoms with Crippen molar-refractivity contribution in [2.24, 2.45) is 0 Å². The molecule has 3 aromatic rings. The number of hydrogen-bond donors (Lipinski definition) is 2. The number of nitrogens with zero attached hydrogens (tertiary/aromatic N) is 2. The largest absolute Gasteiger partial charge is 0.496 e. The molecule has 1 aromatic heterocycles. The average molecular weight is 394 g/mol. The highest BCUT2D eigenvalue weighted by atomic mass is 16.5. The van der Waals surface area contributed by atoms with Gasteiger partial charge in [0, 0.05) is 23.9 Å². The molecule has 0 atom stereocenters. The Labute approximate surface area is 168 Å². The van der Waals surface area contributed by atoms with E-state index in [2.05, 4.69) is 20.8 Å². The molecule has 0 bridgehead atoms. The Kier molecular flexibility index (Phi) is 6.47. The van der Waals surface area contributed by atoms with Gasteiger partial charge in [-0.2, -0.15) is 0 Å². The highest BCUT2D eigenvalue weighted by Gasteiger charge is 2.10. The van der Waals surface area contributed by atoms with Gasteiger partial charge in [-0.1, -0.05) is 18.2 Å². The summed E-state index contributed by atoms with van der Waals surface area (Å²) >= 11 is 0. The first kappa shape index (κ1) is 19.9. The fraction of sp³-hybridized carbons (Fsp3) is 0.190. The fourth-order valence-electron chi connectivity index (χ4n) is 2.70. The highest BCUT2D eigenvalue weighted by molar-refractivity contribution is 5.92. The van der Waals surface area contributed by atoms with E-state index in [4.69, 9.17) is 14.2 Å². The number of para-hydroxylation sites is 1. The van der Waals surface area contributed by atoms with Crippen molar-refractivity contribution >= 4 is 17.4 Å². The maximum atomic E-state index is 12.3. The summed E-state index contributed by atoms with van der Waals surface area (Å²) in [6.45, 7) is 0.330. The molecule has 0 saturated carbocycles. The van der Waals surface area contributed by atoms with Crippen LogP contribution in [0, 0.1) is 0 Å². The van der Waals surface area contributed by atoms with Crippen LogP contribution in [0.4, 0.5) is 11.5 Å². The van der Waals surface area contributed by atoms with Crippen LogP contribution >= 0.6 is 0 Å². The number of hydrogen-bond acceptors (Lipinski definition) is 7. The standard InChI is InChI=1S/C21H22N4O4/c1-27-17-7-5-4-6-14(17)13-22-21(26)16-9-11-20(25-24-16)23-15-8-10-18(28-2)19(12-15)29-3/h4-12H,13H2,1-3H3,(H,22,26)(H,23,25). The molecule has 2 aromatic carbocycles. The molecular formula is C21H22N4O4. The second-order valence-electron chi connectivity index (χ2n) is 5.99. The van der Waals surface area contributed by atoms with Crippen LogP contribution in [0.15, 0.2) is 54.6 Å². The first-order valence-electron chi connectivity index (χ1n) is 8.87. The Balaban J connectivity index is 1.63. The molecule has 0 unspecified atom stereocenters. The van der Waals surface area contributed by atoms with Crippen LogP contribution in [-0.2, 0) is 6.54 Å². The number of anilines is 2. The third kappa shape index (κ3) is 4.92. The number of aromatic nitrogens is 2. The first-order chi connectivity index (χ1) is 14.1. The zero-order valence-corrected chi connectivity index (χ0v) is 16.4. The van der Waals surface area contributed by atoms with Crippen LogP contribution in [0.2, 0.25) is 0 Å². The van der Waals surface area contributed by atoms with Crippen molar-refractivity contribution in [3.8, 4) is 17.2 Å². The van der Waals surface area contributed by atoms with Gasteiger partial charge in [-0.05, 0) is 30.3 Å². The van der Waals surface area contributed by atoms with Crippen LogP contribution in [0.3, 0.4) is 0 Å². The lowest BCUT2D eigenvalue weighted by molar-refractivity contribution is 0.0944. The summed E-state index contributed by atoms with van der Waals surface area (Å²) in [5.41, 5.74) is 1.85. The smallest absolute Gasteiger partial charge is 0.272 e. The summed E-state index contributed by atoms with van der Waals surface area (Å²) in [6, 6.07) is 16.2. The third-order valence-corrected chi connectivity index (χ3v) is 4.19. The summed E-state index contributed by atoms with van der Waals surface area (Å²) < 4.78 is 15.8. The minimum Gasteiger partial charge on any atom is -0.496 e. The second-order valence-corrected chi connectivity index (χ2v) is 5.99. The lowest BCUT2D eigenvalue weighted by Crippen LogP contribution is -2.24. The monoisotopic (exact) mass is 394 g/mol. The van der Waals surface area contributed by atoms with Crippen LogP contribution in [-0.4, -0.2) is 37.4 Å². The quantitative estimate of drug-likeness (QED) is 0.606. The molecule has 0 spiro atoms. The Hall–Kier alpha value is -3.81. The number of carbonyl (C=O) groups excluding carboxylic acids is 1. The minimum absolute atomic E-state index is 0.220. The summed E-state index contributed by atoms with van der Waals surface area (Å²) in [4.78, 5) is 12.3. The van der Waals surface area contributed by atoms with Crippen LogP contribution in [0.25, 0.3) is 0 Å². The third-order valence-electron chi connectivity index (χ3n) is 4.19. The SMILES string of the molecule is COc1ccccc1CNC(=O)c1ccc(Nc2ccc(OC)c(OC)c2)nn1. The van der Waals surface area contributed by atoms with Gasteiger partial charge in [-0.3, -0.25) is 4.79 Å². The molecule has 1 amide bonds. The van der Waals surface area contributed by atoms with E-state index in [1.807, 2.05) is 30.3 Å². The normalized spacial score (nSPS) is 10.2. The number of carbonyl (C=O) groups is 1. The van der Waals surface area contributed by atoms with E-state index in [9.17, 15) is 4.79 Å². The van der Waals surface area contributed by atoms with Gasteiger partial charge in [0.2, 0.25) is 0 Å². The first-order valence-corrected chi connectivity index (χ1v) is 8.87. The van der Waals surface area contributed by atoms with Gasteiger partial charge < -0.3 is 24.8 Å². The van der Waals surface area contributed by atoms with Crippen molar-refractivity contribution in [1.29, 1.82) is 0 Å². The topological polar surface area (TPSA) is 94.6 Å². The number of nitrogens with one attached hydrogen (secondary N) is 2. The summed E-state index contributed by atoms with van der Waals surface area (Å²) in [5, 5.41) is 14.0. The van der Waals surface area contributed by atoms with Gasteiger partial charge in [0.25, 0.3) is 5.91 Å². The summed E-state index contributed by atoms with van der Waals surface area (Å²) in [7, 11) is 4.74. The van der Waals surface area contributed by atoms with E-state index < -0.39 is 0 Å². The number of rotatable bonds is 8. The van der Waals surface area contributed by atoms with Gasteiger partial charge in [0.15, 0.2) is 23.0 Å². The van der Waals surface area contributed by atoms with E-state index in [0.29, 0.717) is 29.6 Å². The maximum Gasteiger partial charge on any atom is 0.272 e. The molecule has 0 saturated heterocycles. The molecule has 3 rings (SSSR count). The predicted molar refractivity (Wildman–Crippen MR) is 109 cm³/mol. The molecule has 8 nitrogen and oxygen atoms in total. The number of amides is 1. The van der Waals surface area contributed by atoms with Crippen molar-refractivity contribution in [2.45, 2.75) is 6.54 Å². The molecule has 0 aliphatic carbocycles. The van der Waals surface area contributed by atoms with Gasteiger partial charge in [-0.25, -0.2) is 0 Å². The van der Waals surface area contributed by atoms with E-state index in [0.717, 1.165) is 11.3 Å². The van der Waals surface area contributed by atoms with Crippen molar-refractivity contribution in [2.75, 3.05) is 26.6 Å². The highest BCUT2D eigenvalue weighted by Crippen LogP contribution is 2.30. The predicted octanol–water partition coefficient (Wildman–Crippen LogP) is 3.18. The molecule has 0 radical (unpaired) electrons.